The number of Topliss-reactive ketones (excluding diaryl/α,β-unsaturated/α-hetero) is 1. The number of unbranched alkanes of at least 4 members (excludes halogenated alkanes) is 6. The molecule has 0 spiro atoms. The normalized spacial score (nSPS) is 10.9. The van der Waals surface area contributed by atoms with Gasteiger partial charge in [0.15, 0.2) is 0 Å². The van der Waals surface area contributed by atoms with Crippen molar-refractivity contribution in [2.24, 2.45) is 0 Å². The van der Waals surface area contributed by atoms with Gasteiger partial charge in [0.25, 0.3) is 0 Å². The topological polar surface area (TPSA) is 127 Å². The Bertz CT molecular complexity index is 781. The van der Waals surface area contributed by atoms with Crippen LogP contribution in [0.25, 0.3) is 0 Å². The van der Waals surface area contributed by atoms with E-state index < -0.39 is 17.7 Å². The molecule has 0 aliphatic carbocycles. The molecule has 0 bridgehead atoms. The van der Waals surface area contributed by atoms with E-state index in [0.717, 1.165) is 12.2 Å². The summed E-state index contributed by atoms with van der Waals surface area (Å²) in [5.74, 6) is -2.35. The maximum absolute atomic E-state index is 11.4. The number of aliphatic carboxylic acids is 1. The second kappa shape index (κ2) is 25.4. The fourth-order valence-corrected chi connectivity index (χ4v) is 3.63. The highest BCUT2D eigenvalue weighted by Crippen LogP contribution is 2.15. The average molecular weight is 569 g/mol. The second-order valence-corrected chi connectivity index (χ2v) is 9.26. The Kier molecular flexibility index (Phi) is 22.6. The minimum Gasteiger partial charge on any atom is -0.491 e. The number of carbonyl (C=O) groups excluding carboxylic acids is 2. The average Bonchev–Trinajstić information content (AvgIpc) is 2.95. The van der Waals surface area contributed by atoms with Gasteiger partial charge in [-0.1, -0.05) is 57.6 Å². The zero-order valence-corrected chi connectivity index (χ0v) is 24.1. The highest BCUT2D eigenvalue weighted by atomic mass is 16.6. The van der Waals surface area contributed by atoms with Crippen LogP contribution in [0.2, 0.25) is 0 Å². The van der Waals surface area contributed by atoms with E-state index in [1.807, 2.05) is 12.1 Å². The molecule has 1 aromatic carbocycles. The summed E-state index contributed by atoms with van der Waals surface area (Å²) in [6, 6.07) is 8.34. The number of ketones is 1. The molecule has 10 nitrogen and oxygen atoms in total. The standard InChI is InChI=1S/C30H48O10/c1-2-3-4-5-6-7-8-9-26-10-12-27(13-11-26)39-24-22-37-20-18-35-16-17-36-19-21-38-23-25-40-29(32)15-14-28(31)30(33)34/h10-13H,2-9,14-25H2,1H3,(H,33,34). The Morgan fingerprint density at radius 3 is 1.68 bits per heavy atom. The van der Waals surface area contributed by atoms with Crippen LogP contribution in [-0.2, 0) is 44.5 Å². The van der Waals surface area contributed by atoms with Crippen LogP contribution in [0.5, 0.6) is 5.75 Å². The molecular formula is C30H48O10. The third kappa shape index (κ3) is 21.3. The van der Waals surface area contributed by atoms with E-state index >= 15 is 0 Å². The number of ether oxygens (including phenoxy) is 6. The van der Waals surface area contributed by atoms with Crippen LogP contribution >= 0.6 is 0 Å². The lowest BCUT2D eigenvalue weighted by molar-refractivity contribution is -0.151. The van der Waals surface area contributed by atoms with Crippen molar-refractivity contribution >= 4 is 17.7 Å². The maximum atomic E-state index is 11.4. The lowest BCUT2D eigenvalue weighted by Gasteiger charge is -2.09. The van der Waals surface area contributed by atoms with Gasteiger partial charge in [0, 0.05) is 6.42 Å². The molecule has 0 fully saturated rings. The predicted octanol–water partition coefficient (Wildman–Crippen LogP) is 4.40. The quantitative estimate of drug-likeness (QED) is 0.0883. The van der Waals surface area contributed by atoms with Gasteiger partial charge in [-0.2, -0.15) is 0 Å². The van der Waals surface area contributed by atoms with Crippen molar-refractivity contribution in [1.82, 2.24) is 0 Å². The Labute approximate surface area is 238 Å². The number of hydrogen-bond donors (Lipinski definition) is 1. The minimum atomic E-state index is -1.55. The molecule has 0 heterocycles. The van der Waals surface area contributed by atoms with E-state index in [2.05, 4.69) is 19.1 Å². The van der Waals surface area contributed by atoms with Gasteiger partial charge in [0.1, 0.15) is 19.0 Å². The summed E-state index contributed by atoms with van der Waals surface area (Å²) < 4.78 is 32.2. The van der Waals surface area contributed by atoms with Crippen molar-refractivity contribution in [3.8, 4) is 5.75 Å². The SMILES string of the molecule is CCCCCCCCCc1ccc(OCCOCCOCCOCCOCCOC(=O)CCC(=O)C(=O)O)cc1. The summed E-state index contributed by atoms with van der Waals surface area (Å²) in [5.41, 5.74) is 1.36. The molecule has 0 aliphatic heterocycles. The van der Waals surface area contributed by atoms with E-state index in [-0.39, 0.29) is 26.1 Å². The van der Waals surface area contributed by atoms with Gasteiger partial charge in [-0.3, -0.25) is 9.59 Å². The lowest BCUT2D eigenvalue weighted by atomic mass is 10.0. The molecular weight excluding hydrogens is 520 g/mol. The van der Waals surface area contributed by atoms with Crippen molar-refractivity contribution in [3.63, 3.8) is 0 Å². The number of hydrogen-bond acceptors (Lipinski definition) is 9. The molecule has 228 valence electrons. The van der Waals surface area contributed by atoms with Crippen LogP contribution < -0.4 is 4.74 Å². The summed E-state index contributed by atoms with van der Waals surface area (Å²) in [7, 11) is 0. The number of carboxylic acid groups (broad SMARTS) is 1. The highest BCUT2D eigenvalue weighted by Gasteiger charge is 2.14. The number of rotatable bonds is 28. The Morgan fingerprint density at radius 1 is 0.625 bits per heavy atom. The van der Waals surface area contributed by atoms with Gasteiger partial charge in [0.2, 0.25) is 5.78 Å². The first-order chi connectivity index (χ1) is 19.5. The van der Waals surface area contributed by atoms with Crippen molar-refractivity contribution in [1.29, 1.82) is 0 Å². The molecule has 1 N–H and O–H groups in total. The Hall–Kier alpha value is -2.53. The van der Waals surface area contributed by atoms with E-state index in [4.69, 9.17) is 33.5 Å². The number of esters is 1. The number of carbonyl (C=O) groups is 3. The van der Waals surface area contributed by atoms with Crippen LogP contribution in [0, 0.1) is 0 Å². The van der Waals surface area contributed by atoms with Gasteiger partial charge in [-0.05, 0) is 30.5 Å². The van der Waals surface area contributed by atoms with Gasteiger partial charge < -0.3 is 33.5 Å². The van der Waals surface area contributed by atoms with Crippen LogP contribution in [0.1, 0.15) is 70.3 Å². The summed E-state index contributed by atoms with van der Waals surface area (Å²) >= 11 is 0. The molecule has 1 aromatic rings. The maximum Gasteiger partial charge on any atom is 0.372 e. The van der Waals surface area contributed by atoms with Crippen LogP contribution in [0.15, 0.2) is 24.3 Å². The molecule has 0 aromatic heterocycles. The van der Waals surface area contributed by atoms with Crippen molar-refractivity contribution in [2.45, 2.75) is 71.1 Å². The van der Waals surface area contributed by atoms with Gasteiger partial charge >= 0.3 is 11.9 Å². The first kappa shape index (κ1) is 35.5. The second-order valence-electron chi connectivity index (χ2n) is 9.26. The zero-order chi connectivity index (χ0) is 29.1. The number of carboxylic acids is 1. The molecule has 0 amide bonds. The summed E-state index contributed by atoms with van der Waals surface area (Å²) in [6.07, 6.45) is 9.76. The van der Waals surface area contributed by atoms with Gasteiger partial charge in [-0.25, -0.2) is 4.79 Å². The van der Waals surface area contributed by atoms with Crippen LogP contribution in [-0.4, -0.2) is 88.9 Å². The largest absolute Gasteiger partial charge is 0.491 e. The lowest BCUT2D eigenvalue weighted by Crippen LogP contribution is -2.17. The van der Waals surface area contributed by atoms with Crippen molar-refractivity contribution in [3.05, 3.63) is 29.8 Å². The van der Waals surface area contributed by atoms with Gasteiger partial charge in [0.05, 0.1) is 59.3 Å². The molecule has 10 heteroatoms. The zero-order valence-electron chi connectivity index (χ0n) is 24.1. The summed E-state index contributed by atoms with van der Waals surface area (Å²) in [5, 5.41) is 8.44. The monoisotopic (exact) mass is 568 g/mol. The first-order valence-electron chi connectivity index (χ1n) is 14.5. The van der Waals surface area contributed by atoms with Crippen LogP contribution in [0.4, 0.5) is 0 Å². The third-order valence-corrected chi connectivity index (χ3v) is 5.89. The van der Waals surface area contributed by atoms with Crippen LogP contribution in [0.3, 0.4) is 0 Å². The first-order valence-corrected chi connectivity index (χ1v) is 14.5. The number of aryl methyl sites for hydroxylation is 1. The summed E-state index contributed by atoms with van der Waals surface area (Å²) in [6.45, 7) is 5.97. The fourth-order valence-electron chi connectivity index (χ4n) is 3.63. The fraction of sp³-hybridized carbons (Fsp3) is 0.700. The smallest absolute Gasteiger partial charge is 0.372 e. The molecule has 0 saturated carbocycles. The third-order valence-electron chi connectivity index (χ3n) is 5.89. The molecule has 0 unspecified atom stereocenters. The Morgan fingerprint density at radius 2 is 1.12 bits per heavy atom. The molecule has 0 radical (unpaired) electrons. The van der Waals surface area contributed by atoms with E-state index in [1.54, 1.807) is 0 Å². The van der Waals surface area contributed by atoms with E-state index in [9.17, 15) is 14.4 Å². The highest BCUT2D eigenvalue weighted by molar-refractivity contribution is 6.32. The molecule has 40 heavy (non-hydrogen) atoms. The molecule has 0 atom stereocenters. The van der Waals surface area contributed by atoms with Crippen molar-refractivity contribution in [2.75, 3.05) is 66.1 Å². The summed E-state index contributed by atoms with van der Waals surface area (Å²) in [4.78, 5) is 32.6. The molecule has 1 rings (SSSR count). The predicted molar refractivity (Wildman–Crippen MR) is 150 cm³/mol. The minimum absolute atomic E-state index is 0.0277. The van der Waals surface area contributed by atoms with E-state index in [0.29, 0.717) is 52.9 Å². The van der Waals surface area contributed by atoms with Crippen molar-refractivity contribution < 1.29 is 47.9 Å². The molecule has 0 saturated heterocycles. The Balaban J connectivity index is 1.83. The van der Waals surface area contributed by atoms with E-state index in [1.165, 1.54) is 50.5 Å². The molecule has 0 aliphatic rings. The van der Waals surface area contributed by atoms with Gasteiger partial charge in [-0.15, -0.1) is 0 Å². The number of benzene rings is 1.